The van der Waals surface area contributed by atoms with E-state index in [9.17, 15) is 8.42 Å². The Hall–Kier alpha value is -3.41. The zero-order valence-electron chi connectivity index (χ0n) is 19.1. The highest BCUT2D eigenvalue weighted by atomic mass is 32.2. The van der Waals surface area contributed by atoms with Gasteiger partial charge in [-0.2, -0.15) is 0 Å². The second-order valence-corrected chi connectivity index (χ2v) is 10.2. The first-order valence-electron chi connectivity index (χ1n) is 11.1. The molecule has 0 unspecified atom stereocenters. The van der Waals surface area contributed by atoms with Crippen LogP contribution in [0.4, 0.5) is 11.5 Å². The SMILES string of the molecule is COc1ccc(NS(=O)(=O)c2ccc3oc(=S)n(CN4CCN(c5ccccn5)CC4)c3c2)cc1. The third-order valence-corrected chi connectivity index (χ3v) is 7.66. The number of pyridine rings is 1. The molecule has 1 fully saturated rings. The minimum absolute atomic E-state index is 0.130. The number of hydrogen-bond donors (Lipinski definition) is 1. The van der Waals surface area contributed by atoms with Crippen LogP contribution in [-0.4, -0.2) is 56.2 Å². The van der Waals surface area contributed by atoms with Crippen molar-refractivity contribution in [2.75, 3.05) is 42.9 Å². The number of nitrogens with zero attached hydrogens (tertiary/aromatic N) is 4. The number of rotatable bonds is 7. The first kappa shape index (κ1) is 23.3. The van der Waals surface area contributed by atoms with Crippen LogP contribution in [0.1, 0.15) is 0 Å². The summed E-state index contributed by atoms with van der Waals surface area (Å²) >= 11 is 5.46. The molecular formula is C24H25N5O4S2. The van der Waals surface area contributed by atoms with Crippen LogP contribution in [0.2, 0.25) is 0 Å². The molecule has 0 spiro atoms. The van der Waals surface area contributed by atoms with Crippen LogP contribution in [0.3, 0.4) is 0 Å². The van der Waals surface area contributed by atoms with Gasteiger partial charge in [-0.05, 0) is 66.8 Å². The predicted molar refractivity (Wildman–Crippen MR) is 137 cm³/mol. The number of ether oxygens (including phenoxy) is 1. The average Bonchev–Trinajstić information content (AvgIpc) is 3.19. The second-order valence-electron chi connectivity index (χ2n) is 8.19. The Bertz CT molecular complexity index is 1480. The molecule has 11 heteroatoms. The van der Waals surface area contributed by atoms with E-state index in [-0.39, 0.29) is 4.90 Å². The molecule has 3 heterocycles. The Morgan fingerprint density at radius 1 is 1.06 bits per heavy atom. The molecule has 2 aromatic heterocycles. The maximum atomic E-state index is 13.0. The van der Waals surface area contributed by atoms with E-state index in [1.165, 1.54) is 6.07 Å². The maximum Gasteiger partial charge on any atom is 0.270 e. The number of sulfonamides is 1. The maximum absolute atomic E-state index is 13.0. The molecule has 1 aliphatic rings. The van der Waals surface area contributed by atoms with Crippen molar-refractivity contribution in [3.63, 3.8) is 0 Å². The van der Waals surface area contributed by atoms with E-state index in [2.05, 4.69) is 19.5 Å². The molecule has 5 rings (SSSR count). The van der Waals surface area contributed by atoms with Crippen molar-refractivity contribution in [2.24, 2.45) is 0 Å². The van der Waals surface area contributed by atoms with Crippen molar-refractivity contribution in [3.8, 4) is 5.75 Å². The van der Waals surface area contributed by atoms with E-state index in [1.54, 1.807) is 49.7 Å². The van der Waals surface area contributed by atoms with Gasteiger partial charge in [0.25, 0.3) is 14.9 Å². The van der Waals surface area contributed by atoms with Gasteiger partial charge in [0.2, 0.25) is 0 Å². The van der Waals surface area contributed by atoms with Crippen molar-refractivity contribution < 1.29 is 17.6 Å². The molecule has 1 saturated heterocycles. The summed E-state index contributed by atoms with van der Waals surface area (Å²) in [6.45, 7) is 3.83. The number of oxazole rings is 1. The van der Waals surface area contributed by atoms with Crippen molar-refractivity contribution in [1.29, 1.82) is 0 Å². The number of methoxy groups -OCH3 is 1. The summed E-state index contributed by atoms with van der Waals surface area (Å²) in [7, 11) is -2.25. The zero-order valence-corrected chi connectivity index (χ0v) is 20.8. The van der Waals surface area contributed by atoms with Crippen molar-refractivity contribution in [1.82, 2.24) is 14.5 Å². The van der Waals surface area contributed by atoms with Gasteiger partial charge in [0.05, 0.1) is 24.2 Å². The lowest BCUT2D eigenvalue weighted by molar-refractivity contribution is 0.204. The van der Waals surface area contributed by atoms with Gasteiger partial charge < -0.3 is 14.1 Å². The van der Waals surface area contributed by atoms with Gasteiger partial charge in [0, 0.05) is 38.1 Å². The smallest absolute Gasteiger partial charge is 0.270 e. The van der Waals surface area contributed by atoms with Crippen LogP contribution >= 0.6 is 12.2 Å². The van der Waals surface area contributed by atoms with Crippen LogP contribution < -0.4 is 14.4 Å². The van der Waals surface area contributed by atoms with Gasteiger partial charge in [-0.15, -0.1) is 0 Å². The number of anilines is 2. The molecular weight excluding hydrogens is 486 g/mol. The largest absolute Gasteiger partial charge is 0.497 e. The molecule has 182 valence electrons. The minimum Gasteiger partial charge on any atom is -0.497 e. The predicted octanol–water partition coefficient (Wildman–Crippen LogP) is 3.95. The monoisotopic (exact) mass is 511 g/mol. The molecule has 9 nitrogen and oxygen atoms in total. The van der Waals surface area contributed by atoms with Gasteiger partial charge in [-0.25, -0.2) is 13.4 Å². The Labute approximate surface area is 208 Å². The fourth-order valence-corrected chi connectivity index (χ4v) is 5.40. The number of nitrogens with one attached hydrogen (secondary N) is 1. The molecule has 35 heavy (non-hydrogen) atoms. The minimum atomic E-state index is -3.81. The van der Waals surface area contributed by atoms with E-state index < -0.39 is 10.0 Å². The van der Waals surface area contributed by atoms with E-state index >= 15 is 0 Å². The number of benzene rings is 2. The fraction of sp³-hybridized carbons (Fsp3) is 0.250. The molecule has 1 N–H and O–H groups in total. The van der Waals surface area contributed by atoms with Crippen LogP contribution in [0, 0.1) is 4.84 Å². The lowest BCUT2D eigenvalue weighted by Crippen LogP contribution is -2.47. The summed E-state index contributed by atoms with van der Waals surface area (Å²) in [4.78, 5) is 9.38. The van der Waals surface area contributed by atoms with Crippen molar-refractivity contribution in [3.05, 3.63) is 71.7 Å². The highest BCUT2D eigenvalue weighted by molar-refractivity contribution is 7.92. The van der Waals surface area contributed by atoms with E-state index in [0.29, 0.717) is 34.0 Å². The van der Waals surface area contributed by atoms with Gasteiger partial charge >= 0.3 is 0 Å². The Kier molecular flexibility index (Phi) is 6.46. The normalized spacial score (nSPS) is 14.8. The Balaban J connectivity index is 1.34. The summed E-state index contributed by atoms with van der Waals surface area (Å²) < 4.78 is 41.4. The summed E-state index contributed by atoms with van der Waals surface area (Å²) in [6.07, 6.45) is 1.80. The van der Waals surface area contributed by atoms with E-state index in [0.717, 1.165) is 32.0 Å². The first-order valence-corrected chi connectivity index (χ1v) is 13.0. The quantitative estimate of drug-likeness (QED) is 0.373. The van der Waals surface area contributed by atoms with Crippen molar-refractivity contribution in [2.45, 2.75) is 11.6 Å². The number of hydrogen-bond acceptors (Lipinski definition) is 8. The fourth-order valence-electron chi connectivity index (χ4n) is 4.08. The lowest BCUT2D eigenvalue weighted by atomic mass is 10.3. The van der Waals surface area contributed by atoms with E-state index in [1.807, 2.05) is 22.8 Å². The number of aromatic nitrogens is 2. The third kappa shape index (κ3) is 5.02. The van der Waals surface area contributed by atoms with Gasteiger partial charge in [0.1, 0.15) is 11.6 Å². The number of fused-ring (bicyclic) bond motifs is 1. The third-order valence-electron chi connectivity index (χ3n) is 5.98. The highest BCUT2D eigenvalue weighted by Crippen LogP contribution is 2.25. The van der Waals surface area contributed by atoms with Gasteiger partial charge in [0.15, 0.2) is 5.58 Å². The highest BCUT2D eigenvalue weighted by Gasteiger charge is 2.21. The molecule has 2 aromatic carbocycles. The van der Waals surface area contributed by atoms with Crippen LogP contribution in [0.25, 0.3) is 11.1 Å². The molecule has 0 saturated carbocycles. The molecule has 4 aromatic rings. The molecule has 0 amide bonds. The lowest BCUT2D eigenvalue weighted by Gasteiger charge is -2.35. The standard InChI is InChI=1S/C24H25N5O4S2/c1-32-19-7-5-18(6-8-19)26-35(30,31)20-9-10-22-21(16-20)29(24(34)33-22)17-27-12-14-28(15-13-27)23-4-2-3-11-25-23/h2-11,16,26H,12-15,17H2,1H3. The van der Waals surface area contributed by atoms with Crippen LogP contribution in [0.15, 0.2) is 76.2 Å². The van der Waals surface area contributed by atoms with Crippen LogP contribution in [-0.2, 0) is 16.7 Å². The molecule has 0 aliphatic carbocycles. The Morgan fingerprint density at radius 2 is 1.83 bits per heavy atom. The summed E-state index contributed by atoms with van der Waals surface area (Å²) in [5.74, 6) is 1.62. The number of piperazine rings is 1. The molecule has 1 aliphatic heterocycles. The first-order chi connectivity index (χ1) is 16.9. The summed E-state index contributed by atoms with van der Waals surface area (Å²) in [6, 6.07) is 17.4. The molecule has 0 atom stereocenters. The summed E-state index contributed by atoms with van der Waals surface area (Å²) in [5, 5.41) is 0. The summed E-state index contributed by atoms with van der Waals surface area (Å²) in [5.41, 5.74) is 1.63. The van der Waals surface area contributed by atoms with Gasteiger partial charge in [-0.1, -0.05) is 6.07 Å². The molecule has 0 bridgehead atoms. The topological polar surface area (TPSA) is 92.8 Å². The van der Waals surface area contributed by atoms with Gasteiger partial charge in [-0.3, -0.25) is 14.2 Å². The average molecular weight is 512 g/mol. The molecule has 0 radical (unpaired) electrons. The Morgan fingerprint density at radius 3 is 2.51 bits per heavy atom. The van der Waals surface area contributed by atoms with Crippen LogP contribution in [0.5, 0.6) is 5.75 Å². The second kappa shape index (κ2) is 9.68. The van der Waals surface area contributed by atoms with Crippen molar-refractivity contribution >= 4 is 44.8 Å². The van der Waals surface area contributed by atoms with E-state index in [4.69, 9.17) is 21.4 Å². The zero-order chi connectivity index (χ0) is 24.4.